The Bertz CT molecular complexity index is 957. The largest absolute Gasteiger partial charge is 0.481 e. The molecule has 1 aliphatic rings. The molecule has 2 aromatic rings. The molecular weight excluding hydrogens is 384 g/mol. The van der Waals surface area contributed by atoms with Crippen molar-refractivity contribution in [1.82, 2.24) is 4.98 Å². The Balaban J connectivity index is 1.79. The van der Waals surface area contributed by atoms with Crippen molar-refractivity contribution in [3.63, 3.8) is 0 Å². The number of hydrogen-bond acceptors (Lipinski definition) is 4. The van der Waals surface area contributed by atoms with Crippen LogP contribution >= 0.6 is 11.3 Å². The van der Waals surface area contributed by atoms with Crippen molar-refractivity contribution in [1.29, 1.82) is 0 Å². The lowest BCUT2D eigenvalue weighted by molar-refractivity contribution is -0.146. The number of aliphatic carboxylic acids is 1. The molecule has 0 bridgehead atoms. The predicted molar refractivity (Wildman–Crippen MR) is 117 cm³/mol. The summed E-state index contributed by atoms with van der Waals surface area (Å²) in [6.45, 7) is 10.2. The van der Waals surface area contributed by atoms with E-state index in [4.69, 9.17) is 0 Å². The average molecular weight is 413 g/mol. The number of nitrogens with zero attached hydrogens (tertiary/aromatic N) is 1. The first kappa shape index (κ1) is 21.2. The van der Waals surface area contributed by atoms with E-state index in [9.17, 15) is 14.7 Å². The second-order valence-electron chi connectivity index (χ2n) is 8.21. The number of allylic oxidation sites excluding steroid dienone is 2. The van der Waals surface area contributed by atoms with E-state index in [2.05, 4.69) is 48.4 Å². The summed E-state index contributed by atoms with van der Waals surface area (Å²) in [7, 11) is 0. The van der Waals surface area contributed by atoms with Gasteiger partial charge in [0.2, 0.25) is 5.91 Å². The first-order valence-electron chi connectivity index (χ1n) is 9.94. The van der Waals surface area contributed by atoms with Crippen molar-refractivity contribution in [3.8, 4) is 11.3 Å². The van der Waals surface area contributed by atoms with Gasteiger partial charge in [-0.2, -0.15) is 0 Å². The van der Waals surface area contributed by atoms with Crippen LogP contribution < -0.4 is 5.32 Å². The van der Waals surface area contributed by atoms with E-state index in [-0.39, 0.29) is 5.91 Å². The van der Waals surface area contributed by atoms with Crippen LogP contribution in [0.5, 0.6) is 0 Å². The van der Waals surface area contributed by atoms with Crippen LogP contribution in [0.25, 0.3) is 11.3 Å². The number of anilines is 1. The molecular formula is C23H28N2O3S. The van der Waals surface area contributed by atoms with E-state index in [1.165, 1.54) is 16.9 Å². The Morgan fingerprint density at radius 2 is 1.66 bits per heavy atom. The summed E-state index contributed by atoms with van der Waals surface area (Å²) in [4.78, 5) is 30.2. The maximum atomic E-state index is 12.9. The molecule has 0 aliphatic heterocycles. The number of nitrogens with one attached hydrogen (secondary N) is 1. The summed E-state index contributed by atoms with van der Waals surface area (Å²) in [6, 6.07) is 8.32. The minimum atomic E-state index is -0.918. The quantitative estimate of drug-likeness (QED) is 0.624. The van der Waals surface area contributed by atoms with Crippen molar-refractivity contribution in [2.24, 2.45) is 11.8 Å². The van der Waals surface area contributed by atoms with Crippen LogP contribution in [0.4, 0.5) is 5.13 Å². The van der Waals surface area contributed by atoms with Gasteiger partial charge in [0.1, 0.15) is 0 Å². The SMILES string of the molecule is CC1=C(C)C[C@@H](C(=O)O)[C@@H](C(=O)Nc2nc(-c3ccc(C(C)C)cc3)c(C)s2)C1. The minimum absolute atomic E-state index is 0.264. The maximum Gasteiger partial charge on any atom is 0.307 e. The number of carbonyl (C=O) groups is 2. The summed E-state index contributed by atoms with van der Waals surface area (Å²) in [5.74, 6) is -1.98. The monoisotopic (exact) mass is 412 g/mol. The third-order valence-corrected chi connectivity index (χ3v) is 6.68. The Hall–Kier alpha value is -2.47. The number of aryl methyl sites for hydroxylation is 1. The molecule has 0 saturated carbocycles. The van der Waals surface area contributed by atoms with Crippen LogP contribution in [0.15, 0.2) is 35.4 Å². The highest BCUT2D eigenvalue weighted by atomic mass is 32.1. The third-order valence-electron chi connectivity index (χ3n) is 5.80. The second kappa shape index (κ2) is 8.49. The molecule has 154 valence electrons. The smallest absolute Gasteiger partial charge is 0.307 e. The van der Waals surface area contributed by atoms with E-state index >= 15 is 0 Å². The molecule has 0 unspecified atom stereocenters. The zero-order chi connectivity index (χ0) is 21.3. The highest BCUT2D eigenvalue weighted by Gasteiger charge is 2.37. The first-order valence-corrected chi connectivity index (χ1v) is 10.8. The van der Waals surface area contributed by atoms with Crippen molar-refractivity contribution >= 4 is 28.3 Å². The zero-order valence-electron chi connectivity index (χ0n) is 17.6. The molecule has 0 spiro atoms. The lowest BCUT2D eigenvalue weighted by Gasteiger charge is -2.29. The van der Waals surface area contributed by atoms with E-state index < -0.39 is 17.8 Å². The number of rotatable bonds is 5. The molecule has 6 heteroatoms. The van der Waals surface area contributed by atoms with E-state index in [0.29, 0.717) is 23.9 Å². The third kappa shape index (κ3) is 4.58. The van der Waals surface area contributed by atoms with Gasteiger partial charge in [-0.05, 0) is 45.1 Å². The topological polar surface area (TPSA) is 79.3 Å². The molecule has 3 rings (SSSR count). The first-order chi connectivity index (χ1) is 13.7. The Morgan fingerprint density at radius 3 is 2.21 bits per heavy atom. The van der Waals surface area contributed by atoms with Gasteiger partial charge in [-0.25, -0.2) is 4.98 Å². The molecule has 29 heavy (non-hydrogen) atoms. The molecule has 1 heterocycles. The number of thiazole rings is 1. The van der Waals surface area contributed by atoms with Crippen LogP contribution in [0.1, 0.15) is 56.9 Å². The Kier molecular flexibility index (Phi) is 6.22. The fourth-order valence-corrected chi connectivity index (χ4v) is 4.61. The number of hydrogen-bond donors (Lipinski definition) is 2. The number of aromatic nitrogens is 1. The second-order valence-corrected chi connectivity index (χ2v) is 9.41. The van der Waals surface area contributed by atoms with Gasteiger partial charge < -0.3 is 10.4 Å². The van der Waals surface area contributed by atoms with Crippen molar-refractivity contribution in [3.05, 3.63) is 45.9 Å². The van der Waals surface area contributed by atoms with Gasteiger partial charge >= 0.3 is 5.97 Å². The summed E-state index contributed by atoms with van der Waals surface area (Å²) in [6.07, 6.45) is 0.895. The minimum Gasteiger partial charge on any atom is -0.481 e. The maximum absolute atomic E-state index is 12.9. The molecule has 0 fully saturated rings. The van der Waals surface area contributed by atoms with E-state index in [0.717, 1.165) is 27.3 Å². The number of carboxylic acid groups (broad SMARTS) is 1. The Morgan fingerprint density at radius 1 is 1.07 bits per heavy atom. The molecule has 1 aliphatic carbocycles. The molecule has 2 N–H and O–H groups in total. The van der Waals surface area contributed by atoms with Crippen molar-refractivity contribution < 1.29 is 14.7 Å². The summed E-state index contributed by atoms with van der Waals surface area (Å²) < 4.78 is 0. The van der Waals surface area contributed by atoms with Crippen LogP contribution in [0, 0.1) is 18.8 Å². The number of carbonyl (C=O) groups excluding carboxylic acids is 1. The lowest BCUT2D eigenvalue weighted by atomic mass is 9.76. The fraction of sp³-hybridized carbons (Fsp3) is 0.435. The lowest BCUT2D eigenvalue weighted by Crippen LogP contribution is -2.36. The van der Waals surface area contributed by atoms with E-state index in [1.54, 1.807) is 0 Å². The van der Waals surface area contributed by atoms with Crippen LogP contribution in [-0.2, 0) is 9.59 Å². The zero-order valence-corrected chi connectivity index (χ0v) is 18.4. The van der Waals surface area contributed by atoms with Gasteiger partial charge in [0, 0.05) is 10.4 Å². The fourth-order valence-electron chi connectivity index (χ4n) is 3.77. The average Bonchev–Trinajstić information content (AvgIpc) is 3.03. The van der Waals surface area contributed by atoms with E-state index in [1.807, 2.05) is 20.8 Å². The molecule has 1 amide bonds. The molecule has 1 aromatic carbocycles. The van der Waals surface area contributed by atoms with Crippen LogP contribution in [0.2, 0.25) is 0 Å². The predicted octanol–water partition coefficient (Wildman–Crippen LogP) is 5.63. The van der Waals surface area contributed by atoms with Gasteiger partial charge in [0.15, 0.2) is 5.13 Å². The van der Waals surface area contributed by atoms with Gasteiger partial charge in [0.25, 0.3) is 0 Å². The highest BCUT2D eigenvalue weighted by molar-refractivity contribution is 7.16. The molecule has 0 radical (unpaired) electrons. The van der Waals surface area contributed by atoms with Gasteiger partial charge in [-0.15, -0.1) is 11.3 Å². The number of carboxylic acids is 1. The number of benzene rings is 1. The van der Waals surface area contributed by atoms with Crippen LogP contribution in [0.3, 0.4) is 0 Å². The Labute approximate surface area is 175 Å². The summed E-state index contributed by atoms with van der Waals surface area (Å²) >= 11 is 1.42. The molecule has 2 atom stereocenters. The normalized spacial score (nSPS) is 19.5. The van der Waals surface area contributed by atoms with Crippen molar-refractivity contribution in [2.75, 3.05) is 5.32 Å². The summed E-state index contributed by atoms with van der Waals surface area (Å²) in [5.41, 5.74) is 5.30. The number of amides is 1. The van der Waals surface area contributed by atoms with Gasteiger partial charge in [0.05, 0.1) is 17.5 Å². The van der Waals surface area contributed by atoms with Gasteiger partial charge in [-0.1, -0.05) is 49.3 Å². The standard InChI is InChI=1S/C23H28N2O3S/c1-12(2)16-6-8-17(9-7-16)20-15(5)29-23(24-20)25-21(26)18-10-13(3)14(4)11-19(18)22(27)28/h6-9,12,18-19H,10-11H2,1-5H3,(H,27,28)(H,24,25,26)/t18-,19+/m0/s1. The highest BCUT2D eigenvalue weighted by Crippen LogP contribution is 2.36. The molecule has 1 aromatic heterocycles. The van der Waals surface area contributed by atoms with Crippen LogP contribution in [-0.4, -0.2) is 22.0 Å². The van der Waals surface area contributed by atoms with Gasteiger partial charge in [-0.3, -0.25) is 9.59 Å². The summed E-state index contributed by atoms with van der Waals surface area (Å²) in [5, 5.41) is 13.0. The molecule has 0 saturated heterocycles. The van der Waals surface area contributed by atoms with Crippen molar-refractivity contribution in [2.45, 2.75) is 53.4 Å². The molecule has 5 nitrogen and oxygen atoms in total.